The first-order valence-electron chi connectivity index (χ1n) is 7.63. The molecule has 21 heavy (non-hydrogen) atoms. The van der Waals surface area contributed by atoms with Gasteiger partial charge in [0, 0.05) is 5.69 Å². The van der Waals surface area contributed by atoms with Crippen molar-refractivity contribution in [3.63, 3.8) is 0 Å². The molecular formula is C20H19N. The SMILES string of the molecule is Nc1ccc(C2CC2Cc2ccc3ccccc3c2)cc1. The average molecular weight is 273 g/mol. The van der Waals surface area contributed by atoms with Crippen LogP contribution in [0.1, 0.15) is 23.5 Å². The minimum absolute atomic E-state index is 0.720. The van der Waals surface area contributed by atoms with E-state index < -0.39 is 0 Å². The van der Waals surface area contributed by atoms with Gasteiger partial charge in [-0.25, -0.2) is 0 Å². The molecule has 1 fully saturated rings. The molecule has 3 aromatic carbocycles. The molecule has 2 unspecified atom stereocenters. The fraction of sp³-hybridized carbons (Fsp3) is 0.200. The van der Waals surface area contributed by atoms with Crippen LogP contribution in [-0.4, -0.2) is 0 Å². The molecule has 0 radical (unpaired) electrons. The van der Waals surface area contributed by atoms with Crippen LogP contribution in [0, 0.1) is 5.92 Å². The first kappa shape index (κ1) is 12.5. The molecule has 4 rings (SSSR count). The van der Waals surface area contributed by atoms with E-state index in [0.29, 0.717) is 0 Å². The lowest BCUT2D eigenvalue weighted by Gasteiger charge is -2.04. The van der Waals surface area contributed by atoms with Gasteiger partial charge in [-0.1, -0.05) is 54.6 Å². The summed E-state index contributed by atoms with van der Waals surface area (Å²) >= 11 is 0. The maximum Gasteiger partial charge on any atom is 0.0314 e. The van der Waals surface area contributed by atoms with Gasteiger partial charge in [-0.05, 0) is 58.7 Å². The van der Waals surface area contributed by atoms with Crippen molar-refractivity contribution < 1.29 is 0 Å². The first-order chi connectivity index (χ1) is 10.3. The Hall–Kier alpha value is -2.28. The lowest BCUT2D eigenvalue weighted by Crippen LogP contribution is -1.91. The molecule has 0 bridgehead atoms. The second-order valence-corrected chi connectivity index (χ2v) is 6.15. The minimum Gasteiger partial charge on any atom is -0.399 e. The number of fused-ring (bicyclic) bond motifs is 1. The van der Waals surface area contributed by atoms with Crippen molar-refractivity contribution in [1.82, 2.24) is 0 Å². The van der Waals surface area contributed by atoms with Gasteiger partial charge in [0.2, 0.25) is 0 Å². The second-order valence-electron chi connectivity index (χ2n) is 6.15. The maximum absolute atomic E-state index is 5.76. The van der Waals surface area contributed by atoms with Crippen molar-refractivity contribution in [2.75, 3.05) is 5.73 Å². The molecule has 2 atom stereocenters. The zero-order valence-electron chi connectivity index (χ0n) is 12.0. The van der Waals surface area contributed by atoms with Gasteiger partial charge in [-0.15, -0.1) is 0 Å². The summed E-state index contributed by atoms with van der Waals surface area (Å²) in [7, 11) is 0. The maximum atomic E-state index is 5.76. The van der Waals surface area contributed by atoms with Crippen LogP contribution >= 0.6 is 0 Å². The molecule has 0 amide bonds. The van der Waals surface area contributed by atoms with E-state index >= 15 is 0 Å². The lowest BCUT2D eigenvalue weighted by atomic mass is 10.0. The van der Waals surface area contributed by atoms with E-state index in [9.17, 15) is 0 Å². The first-order valence-corrected chi connectivity index (χ1v) is 7.63. The minimum atomic E-state index is 0.720. The lowest BCUT2D eigenvalue weighted by molar-refractivity contribution is 0.796. The highest BCUT2D eigenvalue weighted by atomic mass is 14.5. The molecule has 0 heterocycles. The quantitative estimate of drug-likeness (QED) is 0.683. The van der Waals surface area contributed by atoms with Crippen LogP contribution in [0.15, 0.2) is 66.7 Å². The van der Waals surface area contributed by atoms with Crippen molar-refractivity contribution in [3.8, 4) is 0 Å². The molecule has 3 aromatic rings. The Kier molecular flexibility index (Phi) is 2.92. The Morgan fingerprint density at radius 2 is 1.62 bits per heavy atom. The number of nitrogens with two attached hydrogens (primary N) is 1. The van der Waals surface area contributed by atoms with Crippen LogP contribution in [0.25, 0.3) is 10.8 Å². The Morgan fingerprint density at radius 1 is 0.857 bits per heavy atom. The molecule has 0 aromatic heterocycles. The number of nitrogen functional groups attached to an aromatic ring is 1. The van der Waals surface area contributed by atoms with E-state index in [0.717, 1.165) is 17.5 Å². The summed E-state index contributed by atoms with van der Waals surface area (Å²) in [5.74, 6) is 1.51. The number of rotatable bonds is 3. The van der Waals surface area contributed by atoms with Crippen molar-refractivity contribution in [1.29, 1.82) is 0 Å². The van der Waals surface area contributed by atoms with Gasteiger partial charge in [-0.3, -0.25) is 0 Å². The van der Waals surface area contributed by atoms with Crippen molar-refractivity contribution in [2.24, 2.45) is 5.92 Å². The van der Waals surface area contributed by atoms with Gasteiger partial charge in [0.15, 0.2) is 0 Å². The van der Waals surface area contributed by atoms with E-state index in [1.165, 1.54) is 34.7 Å². The van der Waals surface area contributed by atoms with Gasteiger partial charge in [0.25, 0.3) is 0 Å². The molecule has 0 spiro atoms. The number of benzene rings is 3. The third-order valence-corrected chi connectivity index (χ3v) is 4.60. The summed E-state index contributed by atoms with van der Waals surface area (Å²) in [6.07, 6.45) is 2.48. The van der Waals surface area contributed by atoms with Crippen molar-refractivity contribution in [3.05, 3.63) is 77.9 Å². The largest absolute Gasteiger partial charge is 0.399 e. The Labute approximate surface area is 125 Å². The summed E-state index contributed by atoms with van der Waals surface area (Å²) in [5, 5.41) is 2.67. The standard InChI is InChI=1S/C20H19N/c21-19-9-7-16(8-10-19)20-13-18(20)12-14-5-6-15-3-1-2-4-17(15)11-14/h1-11,18,20H,12-13,21H2. The van der Waals surface area contributed by atoms with Gasteiger partial charge in [0.1, 0.15) is 0 Å². The third kappa shape index (κ3) is 2.52. The van der Waals surface area contributed by atoms with Gasteiger partial charge in [-0.2, -0.15) is 0 Å². The summed E-state index contributed by atoms with van der Waals surface area (Å²) in [5.41, 5.74) is 9.51. The molecule has 1 nitrogen and oxygen atoms in total. The van der Waals surface area contributed by atoms with E-state index in [1.54, 1.807) is 0 Å². The van der Waals surface area contributed by atoms with Crippen LogP contribution < -0.4 is 5.73 Å². The van der Waals surface area contributed by atoms with Crippen LogP contribution in [-0.2, 0) is 6.42 Å². The Morgan fingerprint density at radius 3 is 2.43 bits per heavy atom. The molecule has 0 saturated heterocycles. The molecule has 1 aliphatic rings. The van der Waals surface area contributed by atoms with Crippen LogP contribution in [0.3, 0.4) is 0 Å². The monoisotopic (exact) mass is 273 g/mol. The smallest absolute Gasteiger partial charge is 0.0314 e. The topological polar surface area (TPSA) is 26.0 Å². The van der Waals surface area contributed by atoms with Crippen LogP contribution in [0.4, 0.5) is 5.69 Å². The molecule has 1 saturated carbocycles. The van der Waals surface area contributed by atoms with Gasteiger partial charge in [0.05, 0.1) is 0 Å². The molecule has 1 heteroatoms. The zero-order chi connectivity index (χ0) is 14.2. The van der Waals surface area contributed by atoms with Gasteiger partial charge >= 0.3 is 0 Å². The Balaban J connectivity index is 1.50. The van der Waals surface area contributed by atoms with Crippen molar-refractivity contribution >= 4 is 16.5 Å². The molecular weight excluding hydrogens is 254 g/mol. The highest BCUT2D eigenvalue weighted by Gasteiger charge is 2.37. The summed E-state index contributed by atoms with van der Waals surface area (Å²) in [4.78, 5) is 0. The summed E-state index contributed by atoms with van der Waals surface area (Å²) < 4.78 is 0. The van der Waals surface area contributed by atoms with E-state index in [1.807, 2.05) is 12.1 Å². The predicted molar refractivity (Wildman–Crippen MR) is 89.4 cm³/mol. The number of anilines is 1. The third-order valence-electron chi connectivity index (χ3n) is 4.60. The Bertz CT molecular complexity index is 773. The molecule has 104 valence electrons. The summed E-state index contributed by atoms with van der Waals surface area (Å²) in [6, 6.07) is 23.8. The second kappa shape index (κ2) is 4.92. The van der Waals surface area contributed by atoms with Gasteiger partial charge < -0.3 is 5.73 Å². The highest BCUT2D eigenvalue weighted by molar-refractivity contribution is 5.83. The molecule has 1 aliphatic carbocycles. The predicted octanol–water partition coefficient (Wildman–Crippen LogP) is 4.77. The van der Waals surface area contributed by atoms with E-state index in [4.69, 9.17) is 5.73 Å². The van der Waals surface area contributed by atoms with E-state index in [-0.39, 0.29) is 0 Å². The van der Waals surface area contributed by atoms with Crippen molar-refractivity contribution in [2.45, 2.75) is 18.8 Å². The fourth-order valence-electron chi connectivity index (χ4n) is 3.29. The van der Waals surface area contributed by atoms with Crippen LogP contribution in [0.5, 0.6) is 0 Å². The fourth-order valence-corrected chi connectivity index (χ4v) is 3.29. The molecule has 0 aliphatic heterocycles. The average Bonchev–Trinajstić information content (AvgIpc) is 3.27. The summed E-state index contributed by atoms with van der Waals surface area (Å²) in [6.45, 7) is 0. The normalized spacial score (nSPS) is 20.6. The number of hydrogen-bond donors (Lipinski definition) is 1. The zero-order valence-corrected chi connectivity index (χ0v) is 12.0. The van der Waals surface area contributed by atoms with Crippen LogP contribution in [0.2, 0.25) is 0 Å². The highest BCUT2D eigenvalue weighted by Crippen LogP contribution is 2.49. The molecule has 2 N–H and O–H groups in total. The van der Waals surface area contributed by atoms with E-state index in [2.05, 4.69) is 54.6 Å². The number of hydrogen-bond acceptors (Lipinski definition) is 1.